The van der Waals surface area contributed by atoms with E-state index in [1.165, 1.54) is 6.26 Å². The molecular weight excluding hydrogens is 280 g/mol. The molecule has 5 nitrogen and oxygen atoms in total. The summed E-state index contributed by atoms with van der Waals surface area (Å²) in [7, 11) is 0. The molecule has 1 N–H and O–H groups in total. The van der Waals surface area contributed by atoms with E-state index in [0.29, 0.717) is 24.7 Å². The van der Waals surface area contributed by atoms with Crippen LogP contribution in [0.4, 0.5) is 0 Å². The van der Waals surface area contributed by atoms with Crippen molar-refractivity contribution < 1.29 is 14.3 Å². The predicted octanol–water partition coefficient (Wildman–Crippen LogP) is 2.57. The van der Waals surface area contributed by atoms with Crippen molar-refractivity contribution in [2.45, 2.75) is 18.9 Å². The lowest BCUT2D eigenvalue weighted by Crippen LogP contribution is -2.31. The maximum Gasteiger partial charge on any atom is 0.221 e. The highest BCUT2D eigenvalue weighted by Gasteiger charge is 2.21. The van der Waals surface area contributed by atoms with E-state index in [0.717, 1.165) is 17.2 Å². The standard InChI is InChI=1S/C17H16N2O3/c1-2-9-21-14-5-3-12-7-8-18-17(15(12)10-14)22-11-13-4-6-16(20)19-13/h3,5,7-10,13H,1,4,6,11H2,(H,19,20)/t13-/m0/s1. The van der Waals surface area contributed by atoms with Crippen LogP contribution in [0.2, 0.25) is 0 Å². The van der Waals surface area contributed by atoms with Crippen LogP contribution in [0, 0.1) is 0 Å². The number of carbonyl (C=O) groups excluding carboxylic acids is 1. The zero-order chi connectivity index (χ0) is 15.4. The normalized spacial score (nSPS) is 16.9. The number of benzene rings is 1. The van der Waals surface area contributed by atoms with Gasteiger partial charge < -0.3 is 14.8 Å². The summed E-state index contributed by atoms with van der Waals surface area (Å²) in [6, 6.07) is 7.61. The van der Waals surface area contributed by atoms with Gasteiger partial charge in [0.25, 0.3) is 0 Å². The van der Waals surface area contributed by atoms with Crippen molar-refractivity contribution in [3.8, 4) is 11.6 Å². The van der Waals surface area contributed by atoms with Gasteiger partial charge in [0.15, 0.2) is 0 Å². The highest BCUT2D eigenvalue weighted by molar-refractivity contribution is 5.88. The van der Waals surface area contributed by atoms with E-state index < -0.39 is 0 Å². The molecule has 22 heavy (non-hydrogen) atoms. The van der Waals surface area contributed by atoms with E-state index in [2.05, 4.69) is 22.6 Å². The van der Waals surface area contributed by atoms with Crippen LogP contribution in [0.1, 0.15) is 12.8 Å². The first-order valence-electron chi connectivity index (χ1n) is 7.08. The lowest BCUT2D eigenvalue weighted by Gasteiger charge is -2.13. The summed E-state index contributed by atoms with van der Waals surface area (Å²) in [6.45, 7) is 3.87. The van der Waals surface area contributed by atoms with E-state index in [1.807, 2.05) is 24.3 Å². The van der Waals surface area contributed by atoms with Crippen LogP contribution in [0.5, 0.6) is 11.6 Å². The van der Waals surface area contributed by atoms with Crippen LogP contribution in [-0.4, -0.2) is 23.5 Å². The minimum atomic E-state index is 0.0488. The third-order valence-electron chi connectivity index (χ3n) is 3.49. The lowest BCUT2D eigenvalue weighted by molar-refractivity contribution is -0.119. The Morgan fingerprint density at radius 2 is 2.36 bits per heavy atom. The topological polar surface area (TPSA) is 60.5 Å². The fourth-order valence-corrected chi connectivity index (χ4v) is 2.40. The largest absolute Gasteiger partial charge is 0.475 e. The average molecular weight is 296 g/mol. The quantitative estimate of drug-likeness (QED) is 0.680. The summed E-state index contributed by atoms with van der Waals surface area (Å²) in [5.74, 6) is 1.27. The summed E-state index contributed by atoms with van der Waals surface area (Å²) in [5, 5.41) is 4.75. The number of amides is 1. The van der Waals surface area contributed by atoms with Crippen LogP contribution in [0.3, 0.4) is 0 Å². The van der Waals surface area contributed by atoms with Gasteiger partial charge in [-0.05, 0) is 30.0 Å². The minimum Gasteiger partial charge on any atom is -0.475 e. The molecule has 2 aromatic rings. The number of hydrogen-bond acceptors (Lipinski definition) is 4. The molecule has 1 atom stereocenters. The molecule has 0 spiro atoms. The van der Waals surface area contributed by atoms with Gasteiger partial charge in [0, 0.05) is 18.0 Å². The van der Waals surface area contributed by atoms with Gasteiger partial charge in [-0.1, -0.05) is 18.4 Å². The smallest absolute Gasteiger partial charge is 0.221 e. The molecule has 0 unspecified atom stereocenters. The summed E-state index contributed by atoms with van der Waals surface area (Å²) in [6.07, 6.45) is 4.45. The second-order valence-corrected chi connectivity index (χ2v) is 5.05. The number of ether oxygens (including phenoxy) is 2. The molecule has 3 rings (SSSR count). The van der Waals surface area contributed by atoms with Crippen molar-refractivity contribution in [2.75, 3.05) is 6.61 Å². The van der Waals surface area contributed by atoms with Gasteiger partial charge >= 0.3 is 0 Å². The fraction of sp³-hybridized carbons (Fsp3) is 0.235. The molecule has 1 aromatic heterocycles. The van der Waals surface area contributed by atoms with Crippen LogP contribution in [0.25, 0.3) is 10.8 Å². The number of aromatic nitrogens is 1. The number of nitrogens with zero attached hydrogens (tertiary/aromatic N) is 1. The van der Waals surface area contributed by atoms with Crippen LogP contribution in [-0.2, 0) is 4.79 Å². The van der Waals surface area contributed by atoms with Crippen molar-refractivity contribution in [1.29, 1.82) is 0 Å². The molecule has 112 valence electrons. The van der Waals surface area contributed by atoms with E-state index in [9.17, 15) is 4.79 Å². The zero-order valence-electron chi connectivity index (χ0n) is 12.0. The highest BCUT2D eigenvalue weighted by atomic mass is 16.5. The molecule has 0 saturated carbocycles. The summed E-state index contributed by atoms with van der Waals surface area (Å²) in [4.78, 5) is 15.5. The summed E-state index contributed by atoms with van der Waals surface area (Å²) in [5.41, 5.74) is 2.56. The van der Waals surface area contributed by atoms with E-state index in [-0.39, 0.29) is 11.9 Å². The Kier molecular flexibility index (Phi) is 4.08. The van der Waals surface area contributed by atoms with E-state index in [4.69, 9.17) is 9.47 Å². The number of rotatable bonds is 5. The van der Waals surface area contributed by atoms with Crippen molar-refractivity contribution in [3.63, 3.8) is 0 Å². The molecule has 5 heteroatoms. The Labute approximate surface area is 128 Å². The average Bonchev–Trinajstić information content (AvgIpc) is 2.96. The zero-order valence-corrected chi connectivity index (χ0v) is 12.0. The molecule has 1 aliphatic heterocycles. The predicted molar refractivity (Wildman–Crippen MR) is 82.7 cm³/mol. The molecule has 0 aliphatic carbocycles. The number of pyridine rings is 1. The monoisotopic (exact) mass is 296 g/mol. The van der Waals surface area contributed by atoms with Crippen molar-refractivity contribution >= 4 is 16.7 Å². The van der Waals surface area contributed by atoms with Gasteiger partial charge in [-0.2, -0.15) is 0 Å². The van der Waals surface area contributed by atoms with Crippen molar-refractivity contribution in [2.24, 2.45) is 0 Å². The molecule has 1 aliphatic rings. The lowest BCUT2D eigenvalue weighted by atomic mass is 10.1. The van der Waals surface area contributed by atoms with Crippen molar-refractivity contribution in [1.82, 2.24) is 10.3 Å². The third-order valence-corrected chi connectivity index (χ3v) is 3.49. The summed E-state index contributed by atoms with van der Waals surface area (Å²) >= 11 is 0. The second-order valence-electron chi connectivity index (χ2n) is 5.05. The Morgan fingerprint density at radius 3 is 3.14 bits per heavy atom. The molecule has 0 radical (unpaired) electrons. The highest BCUT2D eigenvalue weighted by Crippen LogP contribution is 2.27. The Hall–Kier alpha value is -2.78. The van der Waals surface area contributed by atoms with Crippen molar-refractivity contribution in [3.05, 3.63) is 49.0 Å². The molecule has 1 aromatic carbocycles. The van der Waals surface area contributed by atoms with Gasteiger partial charge in [-0.15, -0.1) is 0 Å². The number of fused-ring (bicyclic) bond motifs is 1. The molecule has 2 heterocycles. The minimum absolute atomic E-state index is 0.0488. The van der Waals surface area contributed by atoms with Gasteiger partial charge in [-0.25, -0.2) is 4.98 Å². The second kappa shape index (κ2) is 6.33. The Bertz CT molecular complexity index is 751. The third kappa shape index (κ3) is 3.10. The molecule has 1 amide bonds. The van der Waals surface area contributed by atoms with Crippen LogP contribution in [0.15, 0.2) is 49.0 Å². The van der Waals surface area contributed by atoms with Crippen LogP contribution >= 0.6 is 0 Å². The number of hydrogen-bond donors (Lipinski definition) is 1. The van der Waals surface area contributed by atoms with Gasteiger partial charge in [0.1, 0.15) is 18.6 Å². The maximum atomic E-state index is 11.2. The Morgan fingerprint density at radius 1 is 1.45 bits per heavy atom. The number of carbonyl (C=O) groups is 1. The maximum absolute atomic E-state index is 11.2. The van der Waals surface area contributed by atoms with E-state index >= 15 is 0 Å². The van der Waals surface area contributed by atoms with Gasteiger partial charge in [0.2, 0.25) is 11.8 Å². The van der Waals surface area contributed by atoms with Gasteiger partial charge in [-0.3, -0.25) is 4.79 Å². The molecular formula is C17H16N2O3. The van der Waals surface area contributed by atoms with Gasteiger partial charge in [0.05, 0.1) is 6.04 Å². The SMILES string of the molecule is C=C=COc1ccc2ccnc(OC[C@@H]3CCC(=O)N3)c2c1. The first-order chi connectivity index (χ1) is 10.8. The Balaban J connectivity index is 1.81. The first-order valence-corrected chi connectivity index (χ1v) is 7.08. The number of nitrogens with one attached hydrogen (secondary N) is 1. The molecule has 1 saturated heterocycles. The fourth-order valence-electron chi connectivity index (χ4n) is 2.40. The molecule has 0 bridgehead atoms. The van der Waals surface area contributed by atoms with Crippen LogP contribution < -0.4 is 14.8 Å². The molecule has 1 fully saturated rings. The first kappa shape index (κ1) is 14.2. The summed E-state index contributed by atoms with van der Waals surface area (Å²) < 4.78 is 11.2. The van der Waals surface area contributed by atoms with E-state index in [1.54, 1.807) is 6.20 Å².